The van der Waals surface area contributed by atoms with E-state index in [2.05, 4.69) is 26.6 Å². The molecule has 0 aromatic heterocycles. The van der Waals surface area contributed by atoms with Gasteiger partial charge in [0, 0.05) is 24.2 Å². The molecule has 2 atom stereocenters. The van der Waals surface area contributed by atoms with Gasteiger partial charge in [-0.1, -0.05) is 22.9 Å². The van der Waals surface area contributed by atoms with Gasteiger partial charge in [-0.25, -0.2) is 0 Å². The highest BCUT2D eigenvalue weighted by molar-refractivity contribution is 9.10. The smallest absolute Gasteiger partial charge is 0.308 e. The number of nitrogens with one attached hydrogen (secondary N) is 2. The van der Waals surface area contributed by atoms with Crippen LogP contribution in [0.1, 0.15) is 43.0 Å². The maximum absolute atomic E-state index is 13.0. The summed E-state index contributed by atoms with van der Waals surface area (Å²) < 4.78 is 17.1. The maximum Gasteiger partial charge on any atom is 0.308 e. The molecule has 2 N–H and O–H groups in total. The first-order valence-corrected chi connectivity index (χ1v) is 12.2. The quantitative estimate of drug-likeness (QED) is 0.381. The van der Waals surface area contributed by atoms with Crippen LogP contribution in [0.2, 0.25) is 0 Å². The minimum atomic E-state index is -0.873. The standard InChI is InChI=1S/C22H28BrN3O6S/c1-2-9-31-18-6-5-14(23)11-16(18)20(28)25-22(33)26-8-7-24-21(29)17(26)12-19(27)32-13-15-4-3-10-30-15/h5-6,11,15,17H,2-4,7-10,12-13H2,1H3,(H,24,29)(H,25,28,33). The zero-order chi connectivity index (χ0) is 23.8. The molecule has 180 valence electrons. The molecule has 0 saturated carbocycles. The highest BCUT2D eigenvalue weighted by Crippen LogP contribution is 2.24. The zero-order valence-corrected chi connectivity index (χ0v) is 20.8. The number of carbonyl (C=O) groups is 3. The van der Waals surface area contributed by atoms with Crippen molar-refractivity contribution in [2.75, 3.05) is 32.9 Å². The molecule has 2 aliphatic heterocycles. The number of hydrogen-bond donors (Lipinski definition) is 2. The Labute approximate surface area is 206 Å². The Morgan fingerprint density at radius 3 is 2.94 bits per heavy atom. The van der Waals surface area contributed by atoms with E-state index < -0.39 is 17.9 Å². The van der Waals surface area contributed by atoms with Crippen molar-refractivity contribution in [2.24, 2.45) is 0 Å². The second-order valence-electron chi connectivity index (χ2n) is 7.77. The molecule has 0 radical (unpaired) electrons. The normalized spacial score (nSPS) is 20.2. The van der Waals surface area contributed by atoms with E-state index >= 15 is 0 Å². The first kappa shape index (κ1) is 25.4. The first-order chi connectivity index (χ1) is 15.9. The third-order valence-electron chi connectivity index (χ3n) is 5.27. The van der Waals surface area contributed by atoms with E-state index in [1.54, 1.807) is 23.1 Å². The summed E-state index contributed by atoms with van der Waals surface area (Å²) in [5.41, 5.74) is 0.314. The average Bonchev–Trinajstić information content (AvgIpc) is 3.32. The third kappa shape index (κ3) is 7.12. The Balaban J connectivity index is 1.64. The number of nitrogens with zero attached hydrogens (tertiary/aromatic N) is 1. The fraction of sp³-hybridized carbons (Fsp3) is 0.545. The number of carbonyl (C=O) groups excluding carboxylic acids is 3. The summed E-state index contributed by atoms with van der Waals surface area (Å²) in [5, 5.41) is 5.47. The van der Waals surface area contributed by atoms with Gasteiger partial charge in [0.25, 0.3) is 5.91 Å². The largest absolute Gasteiger partial charge is 0.493 e. The molecule has 1 aromatic rings. The van der Waals surface area contributed by atoms with E-state index in [1.807, 2.05) is 6.92 Å². The Morgan fingerprint density at radius 1 is 1.39 bits per heavy atom. The minimum absolute atomic E-state index is 0.0631. The average molecular weight is 542 g/mol. The van der Waals surface area contributed by atoms with Crippen LogP contribution in [0.4, 0.5) is 0 Å². The molecule has 33 heavy (non-hydrogen) atoms. The van der Waals surface area contributed by atoms with Crippen molar-refractivity contribution in [2.45, 2.75) is 44.8 Å². The van der Waals surface area contributed by atoms with Crippen LogP contribution in [-0.2, 0) is 19.1 Å². The lowest BCUT2D eigenvalue weighted by Gasteiger charge is -2.36. The number of ether oxygens (including phenoxy) is 3. The van der Waals surface area contributed by atoms with Crippen molar-refractivity contribution in [1.82, 2.24) is 15.5 Å². The number of benzene rings is 1. The predicted molar refractivity (Wildman–Crippen MR) is 128 cm³/mol. The molecule has 0 spiro atoms. The van der Waals surface area contributed by atoms with Crippen molar-refractivity contribution in [1.29, 1.82) is 0 Å². The molecular formula is C22H28BrN3O6S. The Morgan fingerprint density at radius 2 is 2.21 bits per heavy atom. The van der Waals surface area contributed by atoms with Crippen LogP contribution in [-0.4, -0.2) is 72.9 Å². The predicted octanol–water partition coefficient (Wildman–Crippen LogP) is 2.17. The summed E-state index contributed by atoms with van der Waals surface area (Å²) in [6.45, 7) is 3.97. The molecule has 3 rings (SSSR count). The summed E-state index contributed by atoms with van der Waals surface area (Å²) in [6.07, 6.45) is 2.30. The number of rotatable bonds is 8. The molecule has 0 bridgehead atoms. The lowest BCUT2D eigenvalue weighted by Crippen LogP contribution is -2.60. The molecule has 2 amide bonds. The Hall–Kier alpha value is -2.24. The molecular weight excluding hydrogens is 514 g/mol. The highest BCUT2D eigenvalue weighted by Gasteiger charge is 2.34. The Bertz CT molecular complexity index is 893. The second kappa shape index (κ2) is 12.3. The first-order valence-electron chi connectivity index (χ1n) is 11.0. The lowest BCUT2D eigenvalue weighted by atomic mass is 10.1. The molecule has 2 heterocycles. The number of halogens is 1. The van der Waals surface area contributed by atoms with Crippen LogP contribution in [0.15, 0.2) is 22.7 Å². The molecule has 9 nitrogen and oxygen atoms in total. The van der Waals surface area contributed by atoms with Crippen LogP contribution >= 0.6 is 28.1 Å². The molecule has 1 aromatic carbocycles. The van der Waals surface area contributed by atoms with Crippen LogP contribution < -0.4 is 15.4 Å². The maximum atomic E-state index is 13.0. The number of esters is 1. The molecule has 2 fully saturated rings. The van der Waals surface area contributed by atoms with Gasteiger partial charge in [0.1, 0.15) is 18.4 Å². The monoisotopic (exact) mass is 541 g/mol. The van der Waals surface area contributed by atoms with E-state index in [4.69, 9.17) is 26.4 Å². The van der Waals surface area contributed by atoms with Crippen molar-refractivity contribution in [3.63, 3.8) is 0 Å². The van der Waals surface area contributed by atoms with Gasteiger partial charge in [0.15, 0.2) is 5.11 Å². The Kier molecular flexibility index (Phi) is 9.45. The lowest BCUT2D eigenvalue weighted by molar-refractivity contribution is -0.150. The number of piperazine rings is 1. The van der Waals surface area contributed by atoms with Crippen LogP contribution in [0.3, 0.4) is 0 Å². The SMILES string of the molecule is CCCOc1ccc(Br)cc1C(=O)NC(=S)N1CCNC(=O)C1CC(=O)OCC1CCCO1. The fourth-order valence-corrected chi connectivity index (χ4v) is 4.27. The molecule has 2 aliphatic rings. The van der Waals surface area contributed by atoms with Gasteiger partial charge in [0.2, 0.25) is 5.91 Å². The van der Waals surface area contributed by atoms with Gasteiger partial charge < -0.3 is 24.4 Å². The van der Waals surface area contributed by atoms with Gasteiger partial charge >= 0.3 is 5.97 Å². The molecule has 2 unspecified atom stereocenters. The van der Waals surface area contributed by atoms with Crippen molar-refractivity contribution in [3.8, 4) is 5.75 Å². The molecule has 11 heteroatoms. The van der Waals surface area contributed by atoms with E-state index in [0.29, 0.717) is 42.1 Å². The van der Waals surface area contributed by atoms with E-state index in [1.165, 1.54) is 0 Å². The summed E-state index contributed by atoms with van der Waals surface area (Å²) in [7, 11) is 0. The van der Waals surface area contributed by atoms with Gasteiger partial charge in [-0.15, -0.1) is 0 Å². The number of amides is 2. The van der Waals surface area contributed by atoms with Crippen molar-refractivity contribution >= 4 is 51.0 Å². The van der Waals surface area contributed by atoms with Gasteiger partial charge in [-0.3, -0.25) is 19.7 Å². The van der Waals surface area contributed by atoms with Crippen LogP contribution in [0.5, 0.6) is 5.75 Å². The van der Waals surface area contributed by atoms with Crippen molar-refractivity contribution in [3.05, 3.63) is 28.2 Å². The number of thiocarbonyl (C=S) groups is 1. The van der Waals surface area contributed by atoms with Crippen molar-refractivity contribution < 1.29 is 28.6 Å². The van der Waals surface area contributed by atoms with Gasteiger partial charge in [-0.2, -0.15) is 0 Å². The zero-order valence-electron chi connectivity index (χ0n) is 18.4. The van der Waals surface area contributed by atoms with Gasteiger partial charge in [0.05, 0.1) is 24.7 Å². The number of hydrogen-bond acceptors (Lipinski definition) is 7. The summed E-state index contributed by atoms with van der Waals surface area (Å²) >= 11 is 8.81. The van der Waals surface area contributed by atoms with Crippen LogP contribution in [0, 0.1) is 0 Å². The van der Waals surface area contributed by atoms with Crippen LogP contribution in [0.25, 0.3) is 0 Å². The summed E-state index contributed by atoms with van der Waals surface area (Å²) in [6, 6.07) is 4.26. The van der Waals surface area contributed by atoms with E-state index in [9.17, 15) is 14.4 Å². The van der Waals surface area contributed by atoms with E-state index in [0.717, 1.165) is 19.3 Å². The summed E-state index contributed by atoms with van der Waals surface area (Å²) in [4.78, 5) is 39.4. The molecule has 2 saturated heterocycles. The topological polar surface area (TPSA) is 106 Å². The van der Waals surface area contributed by atoms with E-state index in [-0.39, 0.29) is 30.2 Å². The second-order valence-corrected chi connectivity index (χ2v) is 9.07. The van der Waals surface area contributed by atoms with Gasteiger partial charge in [-0.05, 0) is 49.7 Å². The fourth-order valence-electron chi connectivity index (χ4n) is 3.59. The minimum Gasteiger partial charge on any atom is -0.493 e. The third-order valence-corrected chi connectivity index (χ3v) is 6.10. The highest BCUT2D eigenvalue weighted by atomic mass is 79.9. The molecule has 0 aliphatic carbocycles. The summed E-state index contributed by atoms with van der Waals surface area (Å²) in [5.74, 6) is -0.889.